The molecule has 2 aromatic rings. The molecule has 0 fully saturated rings. The molecule has 0 aliphatic rings. The van der Waals surface area contributed by atoms with Gasteiger partial charge in [-0.05, 0) is 32.0 Å². The molecule has 0 bridgehead atoms. The summed E-state index contributed by atoms with van der Waals surface area (Å²) in [5.41, 5.74) is 2.01. The van der Waals surface area contributed by atoms with E-state index in [-0.39, 0.29) is 5.82 Å². The van der Waals surface area contributed by atoms with Gasteiger partial charge in [-0.15, -0.1) is 0 Å². The first-order chi connectivity index (χ1) is 7.59. The molecule has 0 aromatic carbocycles. The van der Waals surface area contributed by atoms with Crippen molar-refractivity contribution in [2.45, 2.75) is 13.8 Å². The fourth-order valence-corrected chi connectivity index (χ4v) is 1.61. The lowest BCUT2D eigenvalue weighted by atomic mass is 10.4. The van der Waals surface area contributed by atoms with Crippen LogP contribution >= 0.6 is 0 Å². The number of carbonyl (C=O) groups is 1. The Morgan fingerprint density at radius 2 is 1.88 bits per heavy atom. The molecule has 0 spiro atoms. The Kier molecular flexibility index (Phi) is 2.44. The van der Waals surface area contributed by atoms with Gasteiger partial charge in [0.2, 0.25) is 5.82 Å². The second-order valence-corrected chi connectivity index (χ2v) is 3.50. The SMILES string of the molecule is Cc1ccc(C)n1-c1ccnc(C(=O)O)n1. The quantitative estimate of drug-likeness (QED) is 0.829. The highest BCUT2D eigenvalue weighted by Gasteiger charge is 2.10. The number of aromatic carboxylic acids is 1. The molecule has 5 heteroatoms. The summed E-state index contributed by atoms with van der Waals surface area (Å²) in [6, 6.07) is 5.60. The first-order valence-corrected chi connectivity index (χ1v) is 4.81. The van der Waals surface area contributed by atoms with Crippen LogP contribution < -0.4 is 0 Å². The van der Waals surface area contributed by atoms with Gasteiger partial charge in [0.1, 0.15) is 5.82 Å². The molecule has 0 atom stereocenters. The van der Waals surface area contributed by atoms with Gasteiger partial charge in [-0.2, -0.15) is 0 Å². The van der Waals surface area contributed by atoms with Gasteiger partial charge in [-0.3, -0.25) is 0 Å². The summed E-state index contributed by atoms with van der Waals surface area (Å²) >= 11 is 0. The van der Waals surface area contributed by atoms with Crippen LogP contribution in [0.4, 0.5) is 0 Å². The van der Waals surface area contributed by atoms with Crippen molar-refractivity contribution < 1.29 is 9.90 Å². The maximum atomic E-state index is 10.8. The third-order valence-electron chi connectivity index (χ3n) is 2.33. The number of aromatic nitrogens is 3. The first kappa shape index (κ1) is 10.4. The smallest absolute Gasteiger partial charge is 0.374 e. The van der Waals surface area contributed by atoms with Crippen LogP contribution in [0, 0.1) is 13.8 Å². The van der Waals surface area contributed by atoms with Gasteiger partial charge in [0.05, 0.1) is 0 Å². The van der Waals surface area contributed by atoms with E-state index < -0.39 is 5.97 Å². The van der Waals surface area contributed by atoms with Crippen molar-refractivity contribution in [2.75, 3.05) is 0 Å². The van der Waals surface area contributed by atoms with Crippen molar-refractivity contribution in [3.05, 3.63) is 41.6 Å². The van der Waals surface area contributed by atoms with Crippen molar-refractivity contribution in [3.8, 4) is 5.82 Å². The van der Waals surface area contributed by atoms with Gasteiger partial charge >= 0.3 is 5.97 Å². The number of aryl methyl sites for hydroxylation is 2. The Labute approximate surface area is 92.4 Å². The zero-order chi connectivity index (χ0) is 11.7. The van der Waals surface area contributed by atoms with E-state index in [1.165, 1.54) is 6.20 Å². The van der Waals surface area contributed by atoms with Crippen LogP contribution in [0.2, 0.25) is 0 Å². The third-order valence-corrected chi connectivity index (χ3v) is 2.33. The molecule has 2 heterocycles. The summed E-state index contributed by atoms with van der Waals surface area (Å²) in [7, 11) is 0. The van der Waals surface area contributed by atoms with Gasteiger partial charge in [-0.25, -0.2) is 14.8 Å². The molecule has 0 amide bonds. The molecule has 0 saturated carbocycles. The van der Waals surface area contributed by atoms with Gasteiger partial charge in [0.15, 0.2) is 0 Å². The summed E-state index contributed by atoms with van der Waals surface area (Å²) in [6.45, 7) is 3.88. The molecule has 1 N–H and O–H groups in total. The second-order valence-electron chi connectivity index (χ2n) is 3.50. The number of hydrogen-bond acceptors (Lipinski definition) is 3. The minimum atomic E-state index is -1.12. The Hall–Kier alpha value is -2.17. The van der Waals surface area contributed by atoms with Gasteiger partial charge < -0.3 is 9.67 Å². The highest BCUT2D eigenvalue weighted by Crippen LogP contribution is 2.13. The molecule has 2 aromatic heterocycles. The average Bonchev–Trinajstić information content (AvgIpc) is 2.59. The fraction of sp³-hybridized carbons (Fsp3) is 0.182. The Balaban J connectivity index is 2.57. The van der Waals surface area contributed by atoms with Crippen LogP contribution in [0.25, 0.3) is 5.82 Å². The van der Waals surface area contributed by atoms with Crippen LogP contribution in [0.5, 0.6) is 0 Å². The molecular weight excluding hydrogens is 206 g/mol. The predicted octanol–water partition coefficient (Wildman–Crippen LogP) is 1.58. The van der Waals surface area contributed by atoms with Crippen LogP contribution in [0.1, 0.15) is 22.0 Å². The molecule has 16 heavy (non-hydrogen) atoms. The highest BCUT2D eigenvalue weighted by molar-refractivity contribution is 5.83. The average molecular weight is 217 g/mol. The van der Waals surface area contributed by atoms with Crippen molar-refractivity contribution in [2.24, 2.45) is 0 Å². The highest BCUT2D eigenvalue weighted by atomic mass is 16.4. The van der Waals surface area contributed by atoms with E-state index in [0.717, 1.165) is 11.4 Å². The zero-order valence-electron chi connectivity index (χ0n) is 9.01. The zero-order valence-corrected chi connectivity index (χ0v) is 9.01. The number of nitrogens with zero attached hydrogens (tertiary/aromatic N) is 3. The molecule has 0 radical (unpaired) electrons. The lowest BCUT2D eigenvalue weighted by Gasteiger charge is -2.07. The van der Waals surface area contributed by atoms with Crippen LogP contribution in [-0.2, 0) is 0 Å². The van der Waals surface area contributed by atoms with Gasteiger partial charge in [0, 0.05) is 17.6 Å². The summed E-state index contributed by atoms with van der Waals surface area (Å²) < 4.78 is 1.88. The van der Waals surface area contributed by atoms with E-state index in [1.54, 1.807) is 6.07 Å². The van der Waals surface area contributed by atoms with E-state index in [4.69, 9.17) is 5.11 Å². The lowest BCUT2D eigenvalue weighted by Crippen LogP contribution is -2.08. The monoisotopic (exact) mass is 217 g/mol. The molecule has 0 unspecified atom stereocenters. The van der Waals surface area contributed by atoms with Crippen molar-refractivity contribution >= 4 is 5.97 Å². The Morgan fingerprint density at radius 3 is 2.44 bits per heavy atom. The van der Waals surface area contributed by atoms with Crippen LogP contribution in [-0.4, -0.2) is 25.6 Å². The van der Waals surface area contributed by atoms with E-state index in [2.05, 4.69) is 9.97 Å². The number of carboxylic acid groups (broad SMARTS) is 1. The summed E-state index contributed by atoms with van der Waals surface area (Å²) in [6.07, 6.45) is 1.45. The predicted molar refractivity (Wildman–Crippen MR) is 57.8 cm³/mol. The lowest BCUT2D eigenvalue weighted by molar-refractivity contribution is 0.0683. The molecule has 0 aliphatic heterocycles. The molecule has 2 rings (SSSR count). The third kappa shape index (κ3) is 1.67. The maximum absolute atomic E-state index is 10.8. The first-order valence-electron chi connectivity index (χ1n) is 4.81. The van der Waals surface area contributed by atoms with Gasteiger partial charge in [-0.1, -0.05) is 0 Å². The van der Waals surface area contributed by atoms with Gasteiger partial charge in [0.25, 0.3) is 0 Å². The summed E-state index contributed by atoms with van der Waals surface area (Å²) in [5.74, 6) is -0.735. The van der Waals surface area contributed by atoms with Crippen LogP contribution in [0.3, 0.4) is 0 Å². The summed E-state index contributed by atoms with van der Waals surface area (Å²) in [4.78, 5) is 18.4. The second kappa shape index (κ2) is 3.77. The number of hydrogen-bond donors (Lipinski definition) is 1. The number of carboxylic acids is 1. The standard InChI is InChI=1S/C11H11N3O2/c1-7-3-4-8(2)14(7)9-5-6-12-10(13-9)11(15)16/h3-6H,1-2H3,(H,15,16). The van der Waals surface area contributed by atoms with Crippen molar-refractivity contribution in [1.29, 1.82) is 0 Å². The van der Waals surface area contributed by atoms with E-state index in [1.807, 2.05) is 30.5 Å². The normalized spacial score (nSPS) is 10.4. The van der Waals surface area contributed by atoms with E-state index >= 15 is 0 Å². The van der Waals surface area contributed by atoms with Crippen molar-refractivity contribution in [1.82, 2.24) is 14.5 Å². The minimum Gasteiger partial charge on any atom is -0.475 e. The molecular formula is C11H11N3O2. The Morgan fingerprint density at radius 1 is 1.25 bits per heavy atom. The topological polar surface area (TPSA) is 68.0 Å². The van der Waals surface area contributed by atoms with E-state index in [0.29, 0.717) is 5.82 Å². The molecule has 5 nitrogen and oxygen atoms in total. The van der Waals surface area contributed by atoms with Crippen LogP contribution in [0.15, 0.2) is 24.4 Å². The molecule has 0 saturated heterocycles. The molecule has 82 valence electrons. The number of rotatable bonds is 2. The summed E-state index contributed by atoms with van der Waals surface area (Å²) in [5, 5.41) is 8.81. The van der Waals surface area contributed by atoms with Crippen molar-refractivity contribution in [3.63, 3.8) is 0 Å². The fourth-order valence-electron chi connectivity index (χ4n) is 1.61. The van der Waals surface area contributed by atoms with E-state index in [9.17, 15) is 4.79 Å². The Bertz CT molecular complexity index is 526. The minimum absolute atomic E-state index is 0.190. The maximum Gasteiger partial charge on any atom is 0.374 e. The molecule has 0 aliphatic carbocycles. The largest absolute Gasteiger partial charge is 0.475 e.